The van der Waals surface area contributed by atoms with Crippen LogP contribution in [0.15, 0.2) is 41.8 Å². The topological polar surface area (TPSA) is 127 Å². The van der Waals surface area contributed by atoms with Crippen LogP contribution in [0.25, 0.3) is 11.0 Å². The third-order valence-electron chi connectivity index (χ3n) is 6.52. The van der Waals surface area contributed by atoms with Gasteiger partial charge in [-0.2, -0.15) is 0 Å². The zero-order chi connectivity index (χ0) is 22.3. The van der Waals surface area contributed by atoms with Gasteiger partial charge in [0.2, 0.25) is 10.0 Å². The maximum absolute atomic E-state index is 12.7. The van der Waals surface area contributed by atoms with E-state index in [2.05, 4.69) is 34.5 Å². The Bertz CT molecular complexity index is 1200. The number of H-pyrrole nitrogens is 1. The maximum Gasteiger partial charge on any atom is 0.242 e. The smallest absolute Gasteiger partial charge is 0.242 e. The number of aliphatic hydroxyl groups is 1. The van der Waals surface area contributed by atoms with Gasteiger partial charge in [-0.1, -0.05) is 0 Å². The number of nitrogens with zero attached hydrogens (tertiary/aromatic N) is 5. The van der Waals surface area contributed by atoms with Gasteiger partial charge in [0.25, 0.3) is 0 Å². The fourth-order valence-corrected chi connectivity index (χ4v) is 5.88. The lowest BCUT2D eigenvalue weighted by Gasteiger charge is -2.26. The molecule has 2 aliphatic rings. The van der Waals surface area contributed by atoms with Crippen molar-refractivity contribution in [2.45, 2.75) is 48.8 Å². The second kappa shape index (κ2) is 8.30. The molecule has 3 atom stereocenters. The molecule has 0 radical (unpaired) electrons. The highest BCUT2D eigenvalue weighted by Crippen LogP contribution is 2.28. The van der Waals surface area contributed by atoms with Gasteiger partial charge in [0.15, 0.2) is 0 Å². The summed E-state index contributed by atoms with van der Waals surface area (Å²) in [5.41, 5.74) is 0.823. The largest absolute Gasteiger partial charge is 0.391 e. The van der Waals surface area contributed by atoms with Gasteiger partial charge in [-0.15, -0.1) is 0 Å². The summed E-state index contributed by atoms with van der Waals surface area (Å²) in [5.74, 6) is 1.63. The van der Waals surface area contributed by atoms with Crippen LogP contribution in [0.3, 0.4) is 0 Å². The van der Waals surface area contributed by atoms with E-state index >= 15 is 0 Å². The first kappa shape index (κ1) is 21.1. The molecule has 3 aromatic heterocycles. The molecule has 0 amide bonds. The highest BCUT2D eigenvalue weighted by Gasteiger charge is 2.31. The summed E-state index contributed by atoms with van der Waals surface area (Å²) in [6, 6.07) is 5.09. The minimum Gasteiger partial charge on any atom is -0.391 e. The summed E-state index contributed by atoms with van der Waals surface area (Å²) < 4.78 is 27.9. The fourth-order valence-electron chi connectivity index (χ4n) is 4.63. The number of nitrogens with one attached hydrogen (secondary N) is 2. The van der Waals surface area contributed by atoms with Crippen LogP contribution in [0, 0.1) is 0 Å². The lowest BCUT2D eigenvalue weighted by Crippen LogP contribution is -2.39. The van der Waals surface area contributed by atoms with Gasteiger partial charge < -0.3 is 19.9 Å². The van der Waals surface area contributed by atoms with Gasteiger partial charge in [-0.3, -0.25) is 0 Å². The molecule has 3 N–H and O–H groups in total. The Morgan fingerprint density at radius 2 is 2.06 bits per heavy atom. The predicted molar refractivity (Wildman–Crippen MR) is 121 cm³/mol. The van der Waals surface area contributed by atoms with Gasteiger partial charge in [-0.05, 0) is 43.9 Å². The highest BCUT2D eigenvalue weighted by molar-refractivity contribution is 7.89. The minimum atomic E-state index is -3.71. The number of rotatable bonds is 6. The first-order valence-electron chi connectivity index (χ1n) is 10.8. The maximum atomic E-state index is 12.7. The van der Waals surface area contributed by atoms with Crippen LogP contribution in [0.5, 0.6) is 0 Å². The van der Waals surface area contributed by atoms with Crippen LogP contribution in [-0.4, -0.2) is 71.8 Å². The van der Waals surface area contributed by atoms with E-state index in [1.807, 2.05) is 19.3 Å². The first-order valence-corrected chi connectivity index (χ1v) is 12.3. The quantitative estimate of drug-likeness (QED) is 0.505. The van der Waals surface area contributed by atoms with Crippen molar-refractivity contribution in [3.8, 4) is 0 Å². The second-order valence-corrected chi connectivity index (χ2v) is 10.2. The van der Waals surface area contributed by atoms with Crippen molar-refractivity contribution in [2.75, 3.05) is 29.9 Å². The van der Waals surface area contributed by atoms with E-state index in [0.29, 0.717) is 18.7 Å². The van der Waals surface area contributed by atoms with Gasteiger partial charge in [0.1, 0.15) is 28.5 Å². The van der Waals surface area contributed by atoms with Crippen LogP contribution in [0.1, 0.15) is 25.7 Å². The van der Waals surface area contributed by atoms with Crippen LogP contribution in [0.2, 0.25) is 0 Å². The van der Waals surface area contributed by atoms with E-state index in [4.69, 9.17) is 0 Å². The molecule has 3 aromatic rings. The molecule has 0 spiro atoms. The Morgan fingerprint density at radius 1 is 1.19 bits per heavy atom. The Kier molecular flexibility index (Phi) is 5.48. The van der Waals surface area contributed by atoms with E-state index in [9.17, 15) is 13.5 Å². The molecule has 4 heterocycles. The van der Waals surface area contributed by atoms with Crippen molar-refractivity contribution in [3.05, 3.63) is 36.9 Å². The lowest BCUT2D eigenvalue weighted by atomic mass is 10.2. The van der Waals surface area contributed by atoms with Crippen LogP contribution < -0.4 is 14.5 Å². The third-order valence-corrected chi connectivity index (χ3v) is 8.00. The zero-order valence-electron chi connectivity index (χ0n) is 17.8. The standard InChI is InChI=1S/C21H27N7O3S/c1-27(14-8-10-28(12-14)21-16-7-9-22-20(16)24-13-25-21)19-6-5-15(11-23-19)32(30,31)26-17-3-2-4-18(17)29/h5-7,9,11,13-14,17-18,26,29H,2-4,8,10,12H2,1H3,(H,22,24,25)/t14-,17?,18+/m1/s1. The molecule has 0 aromatic carbocycles. The zero-order valence-corrected chi connectivity index (χ0v) is 18.7. The Morgan fingerprint density at radius 3 is 2.81 bits per heavy atom. The van der Waals surface area contributed by atoms with Crippen LogP contribution in [-0.2, 0) is 10.0 Å². The average molecular weight is 458 g/mol. The van der Waals surface area contributed by atoms with E-state index < -0.39 is 22.2 Å². The lowest BCUT2D eigenvalue weighted by molar-refractivity contribution is 0.159. The fraction of sp³-hybridized carbons (Fsp3) is 0.476. The van der Waals surface area contributed by atoms with Crippen LogP contribution >= 0.6 is 0 Å². The van der Waals surface area contributed by atoms with Gasteiger partial charge in [0.05, 0.1) is 11.5 Å². The summed E-state index contributed by atoms with van der Waals surface area (Å²) in [6.07, 6.45) is 7.22. The Balaban J connectivity index is 1.27. The van der Waals surface area contributed by atoms with Crippen LogP contribution in [0.4, 0.5) is 11.6 Å². The average Bonchev–Trinajstić information content (AvgIpc) is 3.54. The van der Waals surface area contributed by atoms with E-state index in [0.717, 1.165) is 42.8 Å². The summed E-state index contributed by atoms with van der Waals surface area (Å²) in [5, 5.41) is 10.9. The van der Waals surface area contributed by atoms with Gasteiger partial charge in [-0.25, -0.2) is 28.1 Å². The molecule has 10 nitrogen and oxygen atoms in total. The molecule has 1 saturated carbocycles. The molecule has 1 unspecified atom stereocenters. The normalized spacial score (nSPS) is 23.8. The van der Waals surface area contributed by atoms with Crippen molar-refractivity contribution >= 4 is 32.7 Å². The number of sulfonamides is 1. The molecular formula is C21H27N7O3S. The molecule has 1 aliphatic heterocycles. The molecule has 1 aliphatic carbocycles. The molecule has 170 valence electrons. The highest BCUT2D eigenvalue weighted by atomic mass is 32.2. The van der Waals surface area contributed by atoms with E-state index in [1.165, 1.54) is 6.20 Å². The number of aliphatic hydroxyl groups excluding tert-OH is 1. The monoisotopic (exact) mass is 457 g/mol. The van der Waals surface area contributed by atoms with E-state index in [1.54, 1.807) is 18.5 Å². The molecule has 0 bridgehead atoms. The minimum absolute atomic E-state index is 0.109. The summed E-state index contributed by atoms with van der Waals surface area (Å²) >= 11 is 0. The Hall–Kier alpha value is -2.76. The summed E-state index contributed by atoms with van der Waals surface area (Å²) in [6.45, 7) is 1.66. The Labute approximate surface area is 186 Å². The molecule has 11 heteroatoms. The number of aromatic amines is 1. The molecular weight excluding hydrogens is 430 g/mol. The predicted octanol–water partition coefficient (Wildman–Crippen LogP) is 1.26. The molecule has 5 rings (SSSR count). The molecule has 2 fully saturated rings. The number of pyridine rings is 1. The number of aromatic nitrogens is 4. The third kappa shape index (κ3) is 3.91. The number of hydrogen-bond acceptors (Lipinski definition) is 8. The summed E-state index contributed by atoms with van der Waals surface area (Å²) in [7, 11) is -1.74. The number of fused-ring (bicyclic) bond motifs is 1. The number of likely N-dealkylation sites (N-methyl/N-ethyl adjacent to an activating group) is 1. The van der Waals surface area contributed by atoms with Gasteiger partial charge in [0, 0.05) is 44.6 Å². The van der Waals surface area contributed by atoms with Crippen molar-refractivity contribution in [1.82, 2.24) is 24.7 Å². The van der Waals surface area contributed by atoms with E-state index in [-0.39, 0.29) is 10.9 Å². The second-order valence-electron chi connectivity index (χ2n) is 8.51. The van der Waals surface area contributed by atoms with Crippen molar-refractivity contribution in [3.63, 3.8) is 0 Å². The van der Waals surface area contributed by atoms with Crippen molar-refractivity contribution in [2.24, 2.45) is 0 Å². The van der Waals surface area contributed by atoms with Gasteiger partial charge >= 0.3 is 0 Å². The SMILES string of the molecule is CN(c1ccc(S(=O)(=O)NC2CCC[C@@H]2O)cn1)[C@@H]1CCN(c2ncnc3[nH]ccc23)C1. The summed E-state index contributed by atoms with van der Waals surface area (Å²) in [4.78, 5) is 20.7. The molecule has 32 heavy (non-hydrogen) atoms. The van der Waals surface area contributed by atoms with Crippen molar-refractivity contribution in [1.29, 1.82) is 0 Å². The molecule has 1 saturated heterocycles. The number of anilines is 2. The van der Waals surface area contributed by atoms with Crippen molar-refractivity contribution < 1.29 is 13.5 Å². The number of hydrogen-bond donors (Lipinski definition) is 3. The first-order chi connectivity index (χ1) is 15.4.